The maximum Gasteiger partial charge on any atom is 0.415 e. The molecule has 12 nitrogen and oxygen atoms in total. The van der Waals surface area contributed by atoms with Crippen LogP contribution in [0.1, 0.15) is 28.3 Å². The number of pyridine rings is 1. The van der Waals surface area contributed by atoms with Gasteiger partial charge in [0.1, 0.15) is 23.9 Å². The Morgan fingerprint density at radius 2 is 1.69 bits per heavy atom. The summed E-state index contributed by atoms with van der Waals surface area (Å²) in [5, 5.41) is 7.31. The minimum Gasteiger partial charge on any atom is -0.497 e. The molecule has 12 heteroatoms. The number of benzene rings is 4. The third kappa shape index (κ3) is 6.65. The molecule has 1 atom stereocenters. The van der Waals surface area contributed by atoms with Crippen molar-refractivity contribution in [1.29, 1.82) is 0 Å². The molecule has 0 saturated heterocycles. The van der Waals surface area contributed by atoms with Crippen LogP contribution in [0.5, 0.6) is 17.2 Å². The second-order valence-electron chi connectivity index (χ2n) is 12.2. The Balaban J connectivity index is 1.33. The van der Waals surface area contributed by atoms with Crippen molar-refractivity contribution >= 4 is 34.4 Å². The standard InChI is InChI=1S/C40H38N6O6/c1-25-10-8-15-33-36(25)46(40(48)52-24-26-11-6-5-7-12-26)34(23-41-33)32-18-28-22-43-39(42-21-27-16-17-31(50-3)20-35(27)51-4)44-37(28)45(38(32)47)29-13-9-14-30(19-29)49-2/h5-20,22,34,41H,21,23-24H2,1-4H3,(H,42,43,44). The topological polar surface area (TPSA) is 129 Å². The lowest BCUT2D eigenvalue weighted by atomic mass is 9.99. The smallest absolute Gasteiger partial charge is 0.415 e. The number of para-hydroxylation sites is 1. The number of rotatable bonds is 10. The van der Waals surface area contributed by atoms with Gasteiger partial charge in [-0.15, -0.1) is 0 Å². The molecule has 4 aromatic carbocycles. The highest BCUT2D eigenvalue weighted by Gasteiger charge is 2.37. The molecule has 0 radical (unpaired) electrons. The van der Waals surface area contributed by atoms with E-state index in [2.05, 4.69) is 15.6 Å². The summed E-state index contributed by atoms with van der Waals surface area (Å²) in [6.45, 7) is 2.63. The molecule has 1 aliphatic rings. The number of amides is 1. The maximum atomic E-state index is 14.9. The van der Waals surface area contributed by atoms with Crippen LogP contribution < -0.4 is 35.3 Å². The van der Waals surface area contributed by atoms with Gasteiger partial charge in [-0.1, -0.05) is 48.5 Å². The van der Waals surface area contributed by atoms with E-state index in [1.165, 1.54) is 4.57 Å². The summed E-state index contributed by atoms with van der Waals surface area (Å²) >= 11 is 0. The first-order chi connectivity index (χ1) is 25.4. The highest BCUT2D eigenvalue weighted by molar-refractivity contribution is 5.96. The zero-order valence-electron chi connectivity index (χ0n) is 29.3. The Morgan fingerprint density at radius 1 is 0.904 bits per heavy atom. The molecule has 2 aromatic heterocycles. The SMILES string of the molecule is COc1cccc(-n2c(=O)c(C3CNc4cccc(C)c4N3C(=O)OCc3ccccc3)cc3cnc(NCc4ccc(OC)cc4OC)nc32)c1. The summed E-state index contributed by atoms with van der Waals surface area (Å²) in [5.41, 5.74) is 4.91. The van der Waals surface area contributed by atoms with E-state index < -0.39 is 12.1 Å². The molecule has 264 valence electrons. The van der Waals surface area contributed by atoms with Crippen molar-refractivity contribution in [2.75, 3.05) is 43.4 Å². The number of nitrogens with one attached hydrogen (secondary N) is 2. The van der Waals surface area contributed by atoms with Crippen molar-refractivity contribution in [2.45, 2.75) is 26.1 Å². The number of methoxy groups -OCH3 is 3. The Morgan fingerprint density at radius 3 is 2.48 bits per heavy atom. The minimum absolute atomic E-state index is 0.0787. The number of carbonyl (C=O) groups excluding carboxylic acids is 1. The van der Waals surface area contributed by atoms with Gasteiger partial charge in [0, 0.05) is 47.9 Å². The van der Waals surface area contributed by atoms with Crippen LogP contribution in [-0.2, 0) is 17.9 Å². The van der Waals surface area contributed by atoms with Gasteiger partial charge in [0.05, 0.1) is 44.4 Å². The average Bonchev–Trinajstić information content (AvgIpc) is 3.19. The first kappa shape index (κ1) is 33.9. The fourth-order valence-corrected chi connectivity index (χ4v) is 6.43. The Labute approximate surface area is 300 Å². The van der Waals surface area contributed by atoms with Crippen LogP contribution >= 0.6 is 0 Å². The maximum absolute atomic E-state index is 14.9. The number of anilines is 3. The van der Waals surface area contributed by atoms with E-state index in [1.807, 2.05) is 79.7 Å². The van der Waals surface area contributed by atoms with E-state index in [9.17, 15) is 9.59 Å². The van der Waals surface area contributed by atoms with Gasteiger partial charge in [-0.3, -0.25) is 14.3 Å². The van der Waals surface area contributed by atoms with Crippen LogP contribution in [-0.4, -0.2) is 48.5 Å². The molecule has 0 spiro atoms. The van der Waals surface area contributed by atoms with E-state index >= 15 is 0 Å². The molecule has 7 rings (SSSR count). The molecule has 52 heavy (non-hydrogen) atoms. The number of aryl methyl sites for hydroxylation is 1. The molecule has 0 bridgehead atoms. The summed E-state index contributed by atoms with van der Waals surface area (Å²) in [5.74, 6) is 2.20. The monoisotopic (exact) mass is 698 g/mol. The average molecular weight is 699 g/mol. The predicted molar refractivity (Wildman–Crippen MR) is 200 cm³/mol. The predicted octanol–water partition coefficient (Wildman–Crippen LogP) is 7.04. The van der Waals surface area contributed by atoms with Crippen molar-refractivity contribution in [3.8, 4) is 22.9 Å². The molecule has 2 N–H and O–H groups in total. The molecular weight excluding hydrogens is 660 g/mol. The van der Waals surface area contributed by atoms with E-state index in [-0.39, 0.29) is 18.7 Å². The fourth-order valence-electron chi connectivity index (χ4n) is 6.43. The van der Waals surface area contributed by atoms with Crippen LogP contribution in [0.2, 0.25) is 0 Å². The molecule has 1 amide bonds. The number of hydrogen-bond acceptors (Lipinski definition) is 10. The van der Waals surface area contributed by atoms with Crippen molar-refractivity contribution in [3.05, 3.63) is 136 Å². The number of ether oxygens (including phenoxy) is 4. The highest BCUT2D eigenvalue weighted by atomic mass is 16.6. The summed E-state index contributed by atoms with van der Waals surface area (Å²) in [4.78, 5) is 40.0. The van der Waals surface area contributed by atoms with Gasteiger partial charge in [-0.05, 0) is 54.4 Å². The van der Waals surface area contributed by atoms with Crippen molar-refractivity contribution in [3.63, 3.8) is 0 Å². The normalized spacial score (nSPS) is 13.5. The molecule has 3 heterocycles. The Hall–Kier alpha value is -6.56. The molecule has 0 saturated carbocycles. The lowest BCUT2D eigenvalue weighted by molar-refractivity contribution is 0.144. The minimum atomic E-state index is -0.731. The van der Waals surface area contributed by atoms with E-state index in [0.29, 0.717) is 57.7 Å². The number of nitrogens with zero attached hydrogens (tertiary/aromatic N) is 4. The van der Waals surface area contributed by atoms with E-state index in [4.69, 9.17) is 23.9 Å². The zero-order chi connectivity index (χ0) is 36.2. The van der Waals surface area contributed by atoms with Gasteiger partial charge in [0.2, 0.25) is 5.95 Å². The summed E-state index contributed by atoms with van der Waals surface area (Å²) < 4.78 is 23.9. The zero-order valence-corrected chi connectivity index (χ0v) is 29.3. The largest absolute Gasteiger partial charge is 0.497 e. The molecule has 0 aliphatic carbocycles. The van der Waals surface area contributed by atoms with Gasteiger partial charge < -0.3 is 29.6 Å². The van der Waals surface area contributed by atoms with Gasteiger partial charge in [0.25, 0.3) is 5.56 Å². The van der Waals surface area contributed by atoms with Gasteiger partial charge in [0.15, 0.2) is 5.65 Å². The first-order valence-corrected chi connectivity index (χ1v) is 16.7. The summed E-state index contributed by atoms with van der Waals surface area (Å²) in [6.07, 6.45) is 1.10. The molecule has 1 unspecified atom stereocenters. The molecular formula is C40H38N6O6. The number of hydrogen-bond donors (Lipinski definition) is 2. The van der Waals surface area contributed by atoms with Crippen LogP contribution in [0.4, 0.5) is 22.1 Å². The van der Waals surface area contributed by atoms with Crippen molar-refractivity contribution in [2.24, 2.45) is 0 Å². The second kappa shape index (κ2) is 14.7. The van der Waals surface area contributed by atoms with Crippen LogP contribution in [0.3, 0.4) is 0 Å². The lowest BCUT2D eigenvalue weighted by Gasteiger charge is -2.38. The second-order valence-corrected chi connectivity index (χ2v) is 12.2. The number of fused-ring (bicyclic) bond motifs is 2. The van der Waals surface area contributed by atoms with Crippen molar-refractivity contribution < 1.29 is 23.7 Å². The fraction of sp³-hybridized carbons (Fsp3) is 0.200. The van der Waals surface area contributed by atoms with Gasteiger partial charge in [-0.2, -0.15) is 4.98 Å². The summed E-state index contributed by atoms with van der Waals surface area (Å²) in [7, 11) is 4.77. The quantitative estimate of drug-likeness (QED) is 0.154. The van der Waals surface area contributed by atoms with Crippen molar-refractivity contribution in [1.82, 2.24) is 14.5 Å². The van der Waals surface area contributed by atoms with Crippen LogP contribution in [0, 0.1) is 6.92 Å². The Bertz CT molecular complexity index is 2310. The number of carbonyl (C=O) groups is 1. The Kier molecular flexibility index (Phi) is 9.61. The molecule has 0 fully saturated rings. The first-order valence-electron chi connectivity index (χ1n) is 16.7. The van der Waals surface area contributed by atoms with Gasteiger partial charge >= 0.3 is 6.09 Å². The van der Waals surface area contributed by atoms with E-state index in [1.54, 1.807) is 56.7 Å². The third-order valence-corrected chi connectivity index (χ3v) is 9.05. The lowest BCUT2D eigenvalue weighted by Crippen LogP contribution is -2.45. The molecule has 6 aromatic rings. The summed E-state index contributed by atoms with van der Waals surface area (Å²) in [6, 6.07) is 29.0. The van der Waals surface area contributed by atoms with E-state index in [0.717, 1.165) is 22.4 Å². The molecule has 1 aliphatic heterocycles. The van der Waals surface area contributed by atoms with Gasteiger partial charge in [-0.25, -0.2) is 9.78 Å². The van der Waals surface area contributed by atoms with Crippen LogP contribution in [0.15, 0.2) is 108 Å². The third-order valence-electron chi connectivity index (χ3n) is 9.05. The van der Waals surface area contributed by atoms with Crippen LogP contribution in [0.25, 0.3) is 16.7 Å². The number of aromatic nitrogens is 3. The highest BCUT2D eigenvalue weighted by Crippen LogP contribution is 2.40.